The molecular weight excluding hydrogens is 449 g/mol. The number of ether oxygens (including phenoxy) is 1. The lowest BCUT2D eigenvalue weighted by Crippen LogP contribution is -2.50. The predicted molar refractivity (Wildman–Crippen MR) is 155 cm³/mol. The first-order valence-electron chi connectivity index (χ1n) is 13.3. The quantitative estimate of drug-likeness (QED) is 0.279. The van der Waals surface area contributed by atoms with Crippen molar-refractivity contribution in [3.8, 4) is 11.5 Å². The maximum absolute atomic E-state index is 6.30. The Kier molecular flexibility index (Phi) is 4.98. The molecule has 0 N–H and O–H groups in total. The second-order valence-corrected chi connectivity index (χ2v) is 11.0. The van der Waals surface area contributed by atoms with Crippen LogP contribution < -0.4 is 20.6 Å². The van der Waals surface area contributed by atoms with Gasteiger partial charge in [0.1, 0.15) is 11.5 Å². The van der Waals surface area contributed by atoms with Crippen LogP contribution in [0.25, 0.3) is 0 Å². The third-order valence-corrected chi connectivity index (χ3v) is 8.54. The molecule has 0 fully saturated rings. The second-order valence-electron chi connectivity index (χ2n) is 11.0. The number of fused-ring (bicyclic) bond motifs is 4. The van der Waals surface area contributed by atoms with Crippen molar-refractivity contribution in [2.45, 2.75) is 32.0 Å². The van der Waals surface area contributed by atoms with Crippen LogP contribution in [0.3, 0.4) is 0 Å². The predicted octanol–water partition coefficient (Wildman–Crippen LogP) is 7.34. The fourth-order valence-electron chi connectivity index (χ4n) is 6.69. The van der Waals surface area contributed by atoms with Crippen molar-refractivity contribution in [1.82, 2.24) is 0 Å². The van der Waals surface area contributed by atoms with E-state index in [1.807, 2.05) is 0 Å². The standard InChI is InChI=1S/C34H30BNO/c1-23-22-24(36-30-16-8-4-12-25(30)34(2,3)26-13-5-9-17-31(26)36)20-21-27(23)35-28-14-6-10-18-32(28)37-33-19-11-7-15-29(33)35/h4-23,27H,1-3H3. The van der Waals surface area contributed by atoms with Crippen LogP contribution in [0, 0.1) is 5.92 Å². The van der Waals surface area contributed by atoms with E-state index in [4.69, 9.17) is 4.74 Å². The molecule has 2 heterocycles. The molecule has 2 aliphatic heterocycles. The topological polar surface area (TPSA) is 12.5 Å². The van der Waals surface area contributed by atoms with Crippen molar-refractivity contribution in [1.29, 1.82) is 0 Å². The molecule has 3 heteroatoms. The minimum absolute atomic E-state index is 0.0493. The van der Waals surface area contributed by atoms with Crippen LogP contribution in [-0.2, 0) is 5.41 Å². The minimum atomic E-state index is -0.0493. The van der Waals surface area contributed by atoms with Gasteiger partial charge in [-0.1, -0.05) is 106 Å². The number of para-hydroxylation sites is 4. The normalized spacial score (nSPS) is 20.7. The van der Waals surface area contributed by atoms with Gasteiger partial charge in [-0.3, -0.25) is 0 Å². The number of hydrogen-bond acceptors (Lipinski definition) is 2. The molecule has 0 saturated heterocycles. The van der Waals surface area contributed by atoms with Gasteiger partial charge in [0.15, 0.2) is 0 Å². The molecular formula is C34H30BNO. The molecule has 37 heavy (non-hydrogen) atoms. The van der Waals surface area contributed by atoms with Crippen LogP contribution in [0.15, 0.2) is 121 Å². The van der Waals surface area contributed by atoms with E-state index in [1.54, 1.807) is 0 Å². The van der Waals surface area contributed by atoms with E-state index >= 15 is 0 Å². The molecule has 180 valence electrons. The van der Waals surface area contributed by atoms with Crippen LogP contribution in [0.5, 0.6) is 11.5 Å². The summed E-state index contributed by atoms with van der Waals surface area (Å²) in [5.74, 6) is 2.63. The molecule has 1 aliphatic carbocycles. The summed E-state index contributed by atoms with van der Waals surface area (Å²) >= 11 is 0. The second kappa shape index (κ2) is 8.28. The third-order valence-electron chi connectivity index (χ3n) is 8.54. The van der Waals surface area contributed by atoms with E-state index in [2.05, 4.69) is 141 Å². The molecule has 7 rings (SSSR count). The zero-order valence-electron chi connectivity index (χ0n) is 21.6. The van der Waals surface area contributed by atoms with E-state index in [-0.39, 0.29) is 12.1 Å². The summed E-state index contributed by atoms with van der Waals surface area (Å²) in [5.41, 5.74) is 9.02. The lowest BCUT2D eigenvalue weighted by atomic mass is 9.30. The Morgan fingerprint density at radius 1 is 0.703 bits per heavy atom. The highest BCUT2D eigenvalue weighted by atomic mass is 16.5. The van der Waals surface area contributed by atoms with Crippen LogP contribution in [0.4, 0.5) is 11.4 Å². The van der Waals surface area contributed by atoms with Crippen LogP contribution in [0.2, 0.25) is 5.82 Å². The average Bonchev–Trinajstić information content (AvgIpc) is 2.92. The van der Waals surface area contributed by atoms with Gasteiger partial charge in [-0.25, -0.2) is 0 Å². The zero-order chi connectivity index (χ0) is 25.1. The Hall–Kier alpha value is -3.98. The third kappa shape index (κ3) is 3.34. The Labute approximate surface area is 220 Å². The number of hydrogen-bond donors (Lipinski definition) is 0. The van der Waals surface area contributed by atoms with Gasteiger partial charge in [0.05, 0.1) is 11.4 Å². The smallest absolute Gasteiger partial charge is 0.226 e. The van der Waals surface area contributed by atoms with Gasteiger partial charge >= 0.3 is 0 Å². The van der Waals surface area contributed by atoms with E-state index in [0.717, 1.165) is 11.5 Å². The molecule has 0 amide bonds. The highest BCUT2D eigenvalue weighted by Crippen LogP contribution is 2.51. The summed E-state index contributed by atoms with van der Waals surface area (Å²) in [6.07, 6.45) is 7.25. The number of rotatable bonds is 2. The van der Waals surface area contributed by atoms with E-state index in [1.165, 1.54) is 39.1 Å². The van der Waals surface area contributed by atoms with Crippen molar-refractivity contribution in [3.63, 3.8) is 0 Å². The van der Waals surface area contributed by atoms with E-state index in [0.29, 0.717) is 11.7 Å². The molecule has 4 aromatic carbocycles. The summed E-state index contributed by atoms with van der Waals surface area (Å²) in [4.78, 5) is 2.46. The van der Waals surface area contributed by atoms with Gasteiger partial charge < -0.3 is 9.64 Å². The molecule has 0 bridgehead atoms. The fraction of sp³-hybridized carbons (Fsp3) is 0.176. The monoisotopic (exact) mass is 479 g/mol. The van der Waals surface area contributed by atoms with Crippen molar-refractivity contribution in [3.05, 3.63) is 132 Å². The summed E-state index contributed by atoms with van der Waals surface area (Å²) in [6.45, 7) is 7.29. The maximum Gasteiger partial charge on any atom is 0.226 e. The van der Waals surface area contributed by atoms with E-state index in [9.17, 15) is 0 Å². The SMILES string of the molecule is CC1C=C(N2c3ccccc3C(C)(C)c3ccccc32)C=CC1B1c2ccccc2Oc2ccccc21. The van der Waals surface area contributed by atoms with Crippen molar-refractivity contribution < 1.29 is 4.74 Å². The number of nitrogens with zero attached hydrogens (tertiary/aromatic N) is 1. The Morgan fingerprint density at radius 3 is 1.78 bits per heavy atom. The molecule has 2 nitrogen and oxygen atoms in total. The molecule has 0 saturated carbocycles. The number of allylic oxidation sites excluding steroid dienone is 3. The highest BCUT2D eigenvalue weighted by molar-refractivity contribution is 6.88. The van der Waals surface area contributed by atoms with E-state index < -0.39 is 0 Å². The minimum Gasteiger partial charge on any atom is -0.458 e. The lowest BCUT2D eigenvalue weighted by molar-refractivity contribution is 0.486. The first kappa shape index (κ1) is 22.2. The number of benzene rings is 4. The fourth-order valence-corrected chi connectivity index (χ4v) is 6.69. The largest absolute Gasteiger partial charge is 0.458 e. The molecule has 4 aromatic rings. The Morgan fingerprint density at radius 2 is 1.22 bits per heavy atom. The molecule has 3 aliphatic rings. The average molecular weight is 479 g/mol. The number of anilines is 2. The highest BCUT2D eigenvalue weighted by Gasteiger charge is 2.41. The summed E-state index contributed by atoms with van der Waals surface area (Å²) in [7, 11) is 0. The summed E-state index contributed by atoms with van der Waals surface area (Å²) in [6, 6.07) is 34.8. The Balaban J connectivity index is 1.32. The van der Waals surface area contributed by atoms with Crippen LogP contribution in [0.1, 0.15) is 31.9 Å². The first-order chi connectivity index (χ1) is 18.0. The molecule has 2 atom stereocenters. The van der Waals surface area contributed by atoms with Crippen LogP contribution >= 0.6 is 0 Å². The van der Waals surface area contributed by atoms with Crippen molar-refractivity contribution in [2.75, 3.05) is 4.90 Å². The van der Waals surface area contributed by atoms with Crippen molar-refractivity contribution in [2.24, 2.45) is 5.92 Å². The summed E-state index contributed by atoms with van der Waals surface area (Å²) < 4.78 is 6.30. The molecule has 0 radical (unpaired) electrons. The van der Waals surface area contributed by atoms with Gasteiger partial charge in [0, 0.05) is 11.1 Å². The molecule has 0 spiro atoms. The lowest BCUT2D eigenvalue weighted by Gasteiger charge is -2.43. The van der Waals surface area contributed by atoms with Gasteiger partial charge in [-0.2, -0.15) is 0 Å². The maximum atomic E-state index is 6.30. The van der Waals surface area contributed by atoms with Gasteiger partial charge in [0.25, 0.3) is 0 Å². The first-order valence-corrected chi connectivity index (χ1v) is 13.3. The van der Waals surface area contributed by atoms with Crippen LogP contribution in [-0.4, -0.2) is 6.71 Å². The van der Waals surface area contributed by atoms with Gasteiger partial charge in [0.2, 0.25) is 6.71 Å². The molecule has 2 unspecified atom stereocenters. The molecule has 0 aromatic heterocycles. The zero-order valence-corrected chi connectivity index (χ0v) is 21.6. The van der Waals surface area contributed by atoms with Gasteiger partial charge in [-0.15, -0.1) is 0 Å². The van der Waals surface area contributed by atoms with Crippen molar-refractivity contribution >= 4 is 29.0 Å². The van der Waals surface area contributed by atoms with Gasteiger partial charge in [-0.05, 0) is 64.1 Å². The summed E-state index contributed by atoms with van der Waals surface area (Å²) in [5, 5.41) is 0. The Bertz CT molecular complexity index is 1490.